The van der Waals surface area contributed by atoms with E-state index < -0.39 is 25.0 Å². The molecule has 1 aliphatic rings. The van der Waals surface area contributed by atoms with Crippen molar-refractivity contribution in [1.82, 2.24) is 9.97 Å². The number of carboxylic acid groups (broad SMARTS) is 1. The summed E-state index contributed by atoms with van der Waals surface area (Å²) in [6, 6.07) is 21.4. The molecule has 1 unspecified atom stereocenters. The number of rotatable bonds is 6. The molecule has 0 saturated carbocycles. The van der Waals surface area contributed by atoms with Gasteiger partial charge in [-0.15, -0.1) is 0 Å². The summed E-state index contributed by atoms with van der Waals surface area (Å²) in [6.07, 6.45) is -2.80. The number of halogens is 5. The second-order valence-electron chi connectivity index (χ2n) is 13.6. The quantitative estimate of drug-likeness (QED) is 0.0960. The van der Waals surface area contributed by atoms with Crippen molar-refractivity contribution in [3.63, 3.8) is 0 Å². The smallest absolute Gasteiger partial charge is 0.478 e. The van der Waals surface area contributed by atoms with E-state index in [1.54, 1.807) is 32.2 Å². The number of carboxylic acids is 1. The largest absolute Gasteiger partial charge is 0.494 e. The van der Waals surface area contributed by atoms with E-state index in [0.29, 0.717) is 28.5 Å². The van der Waals surface area contributed by atoms with Crippen LogP contribution in [0.1, 0.15) is 84.8 Å². The van der Waals surface area contributed by atoms with E-state index in [0.717, 1.165) is 27.3 Å². The molecule has 4 heterocycles. The zero-order valence-corrected chi connectivity index (χ0v) is 35.5. The molecule has 3 N–H and O–H groups in total. The molecule has 16 heteroatoms. The molecule has 300 valence electrons. The summed E-state index contributed by atoms with van der Waals surface area (Å²) in [5.74, 6) is -2.19. The summed E-state index contributed by atoms with van der Waals surface area (Å²) >= 11 is 6.31. The molecule has 3 aromatic heterocycles. The Bertz CT molecular complexity index is 2080. The normalized spacial score (nSPS) is 14.6. The molecular formula is C40H45BBr2F3N3O7. The number of nitrogens with zero attached hydrogens (tertiary/aromatic N) is 2. The molecule has 56 heavy (non-hydrogen) atoms. The second kappa shape index (κ2) is 19.9. The van der Waals surface area contributed by atoms with Gasteiger partial charge in [-0.2, -0.15) is 13.2 Å². The van der Waals surface area contributed by atoms with Gasteiger partial charge in [0, 0.05) is 22.9 Å². The molecule has 1 aliphatic heterocycles. The van der Waals surface area contributed by atoms with Gasteiger partial charge in [-0.25, -0.2) is 4.79 Å². The third-order valence-corrected chi connectivity index (χ3v) is 10.2. The summed E-state index contributed by atoms with van der Waals surface area (Å²) in [6.45, 7) is 14.1. The maximum Gasteiger partial charge on any atom is 0.494 e. The van der Waals surface area contributed by atoms with Crippen LogP contribution in [0.3, 0.4) is 0 Å². The van der Waals surface area contributed by atoms with Crippen molar-refractivity contribution < 1.29 is 46.3 Å². The van der Waals surface area contributed by atoms with Crippen LogP contribution in [0.25, 0.3) is 11.0 Å². The van der Waals surface area contributed by atoms with Crippen LogP contribution in [0.4, 0.5) is 13.2 Å². The van der Waals surface area contributed by atoms with Gasteiger partial charge in [0.1, 0.15) is 11.3 Å². The molecule has 2 aromatic carbocycles. The number of hydrogen-bond acceptors (Lipinski definition) is 9. The lowest BCUT2D eigenvalue weighted by molar-refractivity contribution is -0.153. The van der Waals surface area contributed by atoms with E-state index in [9.17, 15) is 22.8 Å². The van der Waals surface area contributed by atoms with E-state index in [1.165, 1.54) is 18.7 Å². The summed E-state index contributed by atoms with van der Waals surface area (Å²) < 4.78 is 57.9. The van der Waals surface area contributed by atoms with Gasteiger partial charge in [-0.1, -0.05) is 68.3 Å². The number of aryl methyl sites for hydroxylation is 1. The first-order valence-corrected chi connectivity index (χ1v) is 19.2. The number of pyridine rings is 2. The number of methoxy groups -OCH3 is 1. The van der Waals surface area contributed by atoms with E-state index in [4.69, 9.17) is 24.9 Å². The molecule has 1 fully saturated rings. The van der Waals surface area contributed by atoms with Crippen molar-refractivity contribution in [3.8, 4) is 0 Å². The number of fused-ring (bicyclic) bond motifs is 1. The van der Waals surface area contributed by atoms with E-state index in [2.05, 4.69) is 46.2 Å². The number of carbonyl (C=O) groups is 2. The first-order valence-electron chi connectivity index (χ1n) is 17.3. The maximum absolute atomic E-state index is 11.8. The van der Waals surface area contributed by atoms with Crippen molar-refractivity contribution in [2.24, 2.45) is 5.73 Å². The third-order valence-electron chi connectivity index (χ3n) is 9.16. The number of alkyl halides is 4. The molecule has 0 bridgehead atoms. The van der Waals surface area contributed by atoms with Gasteiger partial charge in [0.05, 0.1) is 40.6 Å². The van der Waals surface area contributed by atoms with Gasteiger partial charge in [-0.05, 0) is 107 Å². The predicted octanol–water partition coefficient (Wildman–Crippen LogP) is 9.31. The molecule has 0 radical (unpaired) electrons. The number of furan rings is 1. The first-order chi connectivity index (χ1) is 26.1. The van der Waals surface area contributed by atoms with Crippen molar-refractivity contribution in [1.29, 1.82) is 0 Å². The molecule has 1 atom stereocenters. The molecule has 0 aliphatic carbocycles. The predicted molar refractivity (Wildman–Crippen MR) is 217 cm³/mol. The Hall–Kier alpha value is -4.09. The van der Waals surface area contributed by atoms with Gasteiger partial charge in [0.15, 0.2) is 0 Å². The zero-order chi connectivity index (χ0) is 42.0. The number of aromatic nitrogens is 2. The van der Waals surface area contributed by atoms with Crippen molar-refractivity contribution >= 4 is 67.4 Å². The van der Waals surface area contributed by atoms with Crippen molar-refractivity contribution in [2.75, 3.05) is 7.11 Å². The Balaban J connectivity index is 0.000000211. The minimum Gasteiger partial charge on any atom is -0.478 e. The van der Waals surface area contributed by atoms with Crippen LogP contribution in [-0.4, -0.2) is 52.4 Å². The minimum absolute atomic E-state index is 0.248. The number of ether oxygens (including phenoxy) is 1. The lowest BCUT2D eigenvalue weighted by Gasteiger charge is -2.32. The van der Waals surface area contributed by atoms with Gasteiger partial charge in [0.25, 0.3) is 0 Å². The Kier molecular flexibility index (Phi) is 16.4. The van der Waals surface area contributed by atoms with Gasteiger partial charge in [-0.3, -0.25) is 14.8 Å². The summed E-state index contributed by atoms with van der Waals surface area (Å²) in [5.41, 5.74) is 10.3. The van der Waals surface area contributed by atoms with Gasteiger partial charge >= 0.3 is 25.2 Å². The average molecular weight is 907 g/mol. The minimum atomic E-state index is -4.37. The molecule has 1 saturated heterocycles. The summed E-state index contributed by atoms with van der Waals surface area (Å²) in [4.78, 5) is 31.1. The average Bonchev–Trinajstić information content (AvgIpc) is 3.74. The zero-order valence-electron chi connectivity index (χ0n) is 32.3. The van der Waals surface area contributed by atoms with Crippen LogP contribution in [0, 0.1) is 13.8 Å². The Labute approximate surface area is 341 Å². The molecule has 0 amide bonds. The molecule has 0 spiro atoms. The molecule has 10 nitrogen and oxygen atoms in total. The van der Waals surface area contributed by atoms with Crippen LogP contribution < -0.4 is 11.2 Å². The molecule has 5 aromatic rings. The standard InChI is InChI=1S/C16H23BO4.C11H10N2O2.C7H8BrN.C6H4BrF3O/c1-11(14(18)19-6)12-8-7-9-13(10-12)17-20-15(2,3)16(4,5)21-17;1-6-7(2)13-8-4-3-5-12-10(8)9(6)11(14)15;8-7-3-1-6(5-9)2-4-7;7-3-4-1-2-5(11-4)6(8,9)10/h7-11H,1-6H3;3-5H,1-2H3,(H,14,15);1-4H,5,9H2;1-2H,3H2. The lowest BCUT2D eigenvalue weighted by Crippen LogP contribution is -2.41. The summed E-state index contributed by atoms with van der Waals surface area (Å²) in [5, 5.41) is 9.42. The number of aromatic carboxylic acids is 1. The summed E-state index contributed by atoms with van der Waals surface area (Å²) in [7, 11) is 0.983. The van der Waals surface area contributed by atoms with Crippen LogP contribution in [0.5, 0.6) is 0 Å². The first kappa shape index (κ1) is 46.3. The van der Waals surface area contributed by atoms with Crippen LogP contribution in [-0.2, 0) is 36.9 Å². The highest BCUT2D eigenvalue weighted by Crippen LogP contribution is 2.36. The Morgan fingerprint density at radius 1 is 0.982 bits per heavy atom. The SMILES string of the molecule is COC(=O)C(C)c1cccc(B2OC(C)(C)C(C)(C)O2)c1.Cc1nc2cccnc2c(C(=O)O)c1C.FC(F)(F)c1ccc(CBr)o1.NCc1ccc(Br)cc1. The topological polar surface area (TPSA) is 147 Å². The number of carbonyl (C=O) groups excluding carboxylic acids is 1. The van der Waals surface area contributed by atoms with Gasteiger partial charge in [0.2, 0.25) is 5.76 Å². The highest BCUT2D eigenvalue weighted by atomic mass is 79.9. The fraction of sp³-hybridized carbons (Fsp3) is 0.350. The number of esters is 1. The maximum atomic E-state index is 11.8. The fourth-order valence-corrected chi connectivity index (χ4v) is 5.62. The van der Waals surface area contributed by atoms with Crippen LogP contribution in [0.2, 0.25) is 0 Å². The van der Waals surface area contributed by atoms with E-state index in [-0.39, 0.29) is 34.4 Å². The monoisotopic (exact) mass is 905 g/mol. The van der Waals surface area contributed by atoms with Crippen molar-refractivity contribution in [2.45, 2.75) is 83.6 Å². The Morgan fingerprint density at radius 3 is 2.11 bits per heavy atom. The van der Waals surface area contributed by atoms with Crippen LogP contribution >= 0.6 is 31.9 Å². The number of hydrogen-bond donors (Lipinski definition) is 2. The Morgan fingerprint density at radius 2 is 1.61 bits per heavy atom. The van der Waals surface area contributed by atoms with E-state index in [1.807, 2.05) is 83.1 Å². The molecular weight excluding hydrogens is 862 g/mol. The van der Waals surface area contributed by atoms with E-state index >= 15 is 0 Å². The second-order valence-corrected chi connectivity index (χ2v) is 15.1. The third kappa shape index (κ3) is 12.2. The van der Waals surface area contributed by atoms with Crippen LogP contribution in [0.15, 0.2) is 87.9 Å². The molecule has 6 rings (SSSR count). The highest BCUT2D eigenvalue weighted by molar-refractivity contribution is 9.10. The number of benzene rings is 2. The van der Waals surface area contributed by atoms with Crippen molar-refractivity contribution in [3.05, 3.63) is 123 Å². The fourth-order valence-electron chi connectivity index (χ4n) is 5.05. The van der Waals surface area contributed by atoms with Gasteiger partial charge < -0.3 is 29.3 Å². The highest BCUT2D eigenvalue weighted by Gasteiger charge is 2.51. The number of nitrogens with two attached hydrogens (primary N) is 1. The lowest BCUT2D eigenvalue weighted by atomic mass is 9.77.